The lowest BCUT2D eigenvalue weighted by Gasteiger charge is -2.14. The Labute approximate surface area is 154 Å². The van der Waals surface area contributed by atoms with Crippen molar-refractivity contribution in [3.63, 3.8) is 0 Å². The average molecular weight is 363 g/mol. The molecule has 2 heterocycles. The zero-order chi connectivity index (χ0) is 17.2. The Bertz CT molecular complexity index is 996. The van der Waals surface area contributed by atoms with Gasteiger partial charge >= 0.3 is 0 Å². The molecular formula is C19H13N3OS2. The number of thiocarbonyl (C=S) groups is 1. The zero-order valence-electron chi connectivity index (χ0n) is 13.1. The number of hydrogen-bond donors (Lipinski definition) is 0. The first kappa shape index (κ1) is 15.9. The van der Waals surface area contributed by atoms with Crippen molar-refractivity contribution in [2.45, 2.75) is 6.54 Å². The molecule has 1 aliphatic rings. The number of carbonyl (C=O) groups is 1. The topological polar surface area (TPSA) is 46.1 Å². The van der Waals surface area contributed by atoms with Crippen LogP contribution in [-0.2, 0) is 11.3 Å². The first-order valence-corrected chi connectivity index (χ1v) is 8.94. The van der Waals surface area contributed by atoms with Gasteiger partial charge in [0.1, 0.15) is 4.32 Å². The normalized spacial score (nSPS) is 16.2. The van der Waals surface area contributed by atoms with Crippen LogP contribution in [0.4, 0.5) is 0 Å². The maximum atomic E-state index is 12.8. The monoisotopic (exact) mass is 363 g/mol. The van der Waals surface area contributed by atoms with Crippen LogP contribution < -0.4 is 0 Å². The standard InChI is InChI=1S/C19H13N3OS2/c23-18-16(11-14-7-4-8-15-17(14)21-10-9-20-15)25-19(24)22(18)12-13-5-2-1-3-6-13/h1-11H,12H2/b16-11-. The molecule has 0 spiro atoms. The van der Waals surface area contributed by atoms with Gasteiger partial charge in [-0.2, -0.15) is 0 Å². The van der Waals surface area contributed by atoms with E-state index < -0.39 is 0 Å². The molecule has 122 valence electrons. The van der Waals surface area contributed by atoms with E-state index in [-0.39, 0.29) is 5.91 Å². The molecule has 0 radical (unpaired) electrons. The zero-order valence-corrected chi connectivity index (χ0v) is 14.8. The Morgan fingerprint density at radius 1 is 1.04 bits per heavy atom. The molecule has 0 atom stereocenters. The minimum Gasteiger partial charge on any atom is -0.288 e. The molecule has 1 fully saturated rings. The highest BCUT2D eigenvalue weighted by Crippen LogP contribution is 2.34. The Hall–Kier alpha value is -2.57. The molecule has 0 bridgehead atoms. The van der Waals surface area contributed by atoms with E-state index in [1.54, 1.807) is 17.3 Å². The van der Waals surface area contributed by atoms with Crippen LogP contribution in [0, 0.1) is 0 Å². The Kier molecular flexibility index (Phi) is 4.29. The van der Waals surface area contributed by atoms with Gasteiger partial charge < -0.3 is 0 Å². The second kappa shape index (κ2) is 6.74. The third-order valence-electron chi connectivity index (χ3n) is 3.87. The van der Waals surface area contributed by atoms with Gasteiger partial charge in [0.15, 0.2) is 0 Å². The van der Waals surface area contributed by atoms with Crippen molar-refractivity contribution in [2.75, 3.05) is 0 Å². The lowest BCUT2D eigenvalue weighted by molar-refractivity contribution is -0.122. The van der Waals surface area contributed by atoms with Gasteiger partial charge in [0, 0.05) is 18.0 Å². The van der Waals surface area contributed by atoms with Crippen LogP contribution in [0.2, 0.25) is 0 Å². The number of amides is 1. The van der Waals surface area contributed by atoms with Crippen molar-refractivity contribution < 1.29 is 4.79 Å². The van der Waals surface area contributed by atoms with Crippen LogP contribution in [0.5, 0.6) is 0 Å². The first-order valence-electron chi connectivity index (χ1n) is 7.71. The molecule has 4 nitrogen and oxygen atoms in total. The van der Waals surface area contributed by atoms with E-state index in [1.165, 1.54) is 11.8 Å². The summed E-state index contributed by atoms with van der Waals surface area (Å²) in [4.78, 5) is 23.7. The molecule has 0 unspecified atom stereocenters. The van der Waals surface area contributed by atoms with E-state index in [4.69, 9.17) is 12.2 Å². The molecule has 25 heavy (non-hydrogen) atoms. The summed E-state index contributed by atoms with van der Waals surface area (Å²) in [6, 6.07) is 15.6. The number of aromatic nitrogens is 2. The molecule has 0 N–H and O–H groups in total. The fourth-order valence-corrected chi connectivity index (χ4v) is 3.92. The number of para-hydroxylation sites is 1. The summed E-state index contributed by atoms with van der Waals surface area (Å²) in [5.41, 5.74) is 3.50. The van der Waals surface area contributed by atoms with Crippen molar-refractivity contribution in [1.29, 1.82) is 0 Å². The Balaban J connectivity index is 1.66. The van der Waals surface area contributed by atoms with E-state index in [0.29, 0.717) is 15.8 Å². The first-order chi connectivity index (χ1) is 12.2. The number of nitrogens with zero attached hydrogens (tertiary/aromatic N) is 3. The van der Waals surface area contributed by atoms with Gasteiger partial charge in [0.05, 0.1) is 22.5 Å². The second-order valence-electron chi connectivity index (χ2n) is 5.52. The molecule has 4 rings (SSSR count). The molecule has 0 saturated carbocycles. The van der Waals surface area contributed by atoms with Gasteiger partial charge in [-0.15, -0.1) is 0 Å². The maximum Gasteiger partial charge on any atom is 0.266 e. The van der Waals surface area contributed by atoms with E-state index in [2.05, 4.69) is 9.97 Å². The van der Waals surface area contributed by atoms with E-state index >= 15 is 0 Å². The summed E-state index contributed by atoms with van der Waals surface area (Å²) in [6.07, 6.45) is 5.16. The van der Waals surface area contributed by atoms with E-state index in [9.17, 15) is 4.79 Å². The SMILES string of the molecule is O=C1/C(=C/c2cccc3nccnc23)SC(=S)N1Cc1ccccc1. The number of hydrogen-bond acceptors (Lipinski definition) is 5. The van der Waals surface area contributed by atoms with Crippen LogP contribution in [0.15, 0.2) is 65.8 Å². The molecule has 0 aliphatic carbocycles. The van der Waals surface area contributed by atoms with E-state index in [1.807, 2.05) is 54.6 Å². The highest BCUT2D eigenvalue weighted by Gasteiger charge is 2.32. The smallest absolute Gasteiger partial charge is 0.266 e. The number of carbonyl (C=O) groups excluding carboxylic acids is 1. The van der Waals surface area contributed by atoms with Gasteiger partial charge in [-0.25, -0.2) is 0 Å². The number of thioether (sulfide) groups is 1. The van der Waals surface area contributed by atoms with Crippen LogP contribution in [0.1, 0.15) is 11.1 Å². The minimum absolute atomic E-state index is 0.0697. The minimum atomic E-state index is -0.0697. The maximum absolute atomic E-state index is 12.8. The summed E-state index contributed by atoms with van der Waals surface area (Å²) in [5.74, 6) is -0.0697. The van der Waals surface area contributed by atoms with E-state index in [0.717, 1.165) is 22.2 Å². The summed E-state index contributed by atoms with van der Waals surface area (Å²) in [6.45, 7) is 0.484. The van der Waals surface area contributed by atoms with Gasteiger partial charge in [-0.3, -0.25) is 19.7 Å². The molecule has 1 amide bonds. The molecule has 2 aromatic carbocycles. The Morgan fingerprint density at radius 2 is 1.84 bits per heavy atom. The lowest BCUT2D eigenvalue weighted by atomic mass is 10.1. The van der Waals surface area contributed by atoms with Crippen LogP contribution >= 0.6 is 24.0 Å². The average Bonchev–Trinajstić information content (AvgIpc) is 2.90. The highest BCUT2D eigenvalue weighted by molar-refractivity contribution is 8.26. The largest absolute Gasteiger partial charge is 0.288 e. The van der Waals surface area contributed by atoms with Crippen molar-refractivity contribution in [3.05, 3.63) is 77.0 Å². The summed E-state index contributed by atoms with van der Waals surface area (Å²) < 4.78 is 0.575. The molecule has 1 aromatic heterocycles. The summed E-state index contributed by atoms with van der Waals surface area (Å²) in [7, 11) is 0. The predicted molar refractivity (Wildman–Crippen MR) is 105 cm³/mol. The van der Waals surface area contributed by atoms with Crippen molar-refractivity contribution in [1.82, 2.24) is 14.9 Å². The van der Waals surface area contributed by atoms with Gasteiger partial charge in [0.25, 0.3) is 5.91 Å². The van der Waals surface area contributed by atoms with Crippen molar-refractivity contribution in [3.8, 4) is 0 Å². The van der Waals surface area contributed by atoms with Crippen molar-refractivity contribution >= 4 is 51.3 Å². The number of fused-ring (bicyclic) bond motifs is 1. The molecule has 6 heteroatoms. The van der Waals surface area contributed by atoms with Crippen LogP contribution in [0.3, 0.4) is 0 Å². The number of rotatable bonds is 3. The molecular weight excluding hydrogens is 350 g/mol. The predicted octanol–water partition coefficient (Wildman–Crippen LogP) is 4.03. The summed E-state index contributed by atoms with van der Waals surface area (Å²) in [5, 5.41) is 0. The fraction of sp³-hybridized carbons (Fsp3) is 0.0526. The second-order valence-corrected chi connectivity index (χ2v) is 7.20. The van der Waals surface area contributed by atoms with Gasteiger partial charge in [-0.05, 0) is 17.7 Å². The van der Waals surface area contributed by atoms with Crippen LogP contribution in [0.25, 0.3) is 17.1 Å². The molecule has 1 aliphatic heterocycles. The molecule has 3 aromatic rings. The Morgan fingerprint density at radius 3 is 2.68 bits per heavy atom. The quantitative estimate of drug-likeness (QED) is 0.519. The third-order valence-corrected chi connectivity index (χ3v) is 5.25. The fourth-order valence-electron chi connectivity index (χ4n) is 2.68. The number of benzene rings is 2. The molecule has 1 saturated heterocycles. The van der Waals surface area contributed by atoms with Gasteiger partial charge in [-0.1, -0.05) is 66.4 Å². The third kappa shape index (κ3) is 3.18. The summed E-state index contributed by atoms with van der Waals surface area (Å²) >= 11 is 6.73. The van der Waals surface area contributed by atoms with Crippen LogP contribution in [-0.4, -0.2) is 25.1 Å². The van der Waals surface area contributed by atoms with Crippen molar-refractivity contribution in [2.24, 2.45) is 0 Å². The highest BCUT2D eigenvalue weighted by atomic mass is 32.2. The lowest BCUT2D eigenvalue weighted by Crippen LogP contribution is -2.27. The van der Waals surface area contributed by atoms with Gasteiger partial charge in [0.2, 0.25) is 0 Å².